The van der Waals surface area contributed by atoms with E-state index in [4.69, 9.17) is 0 Å². The Morgan fingerprint density at radius 2 is 1.68 bits per heavy atom. The van der Waals surface area contributed by atoms with Crippen LogP contribution in [-0.2, 0) is 6.54 Å². The Labute approximate surface area is 159 Å². The first-order valence-corrected chi connectivity index (χ1v) is 8.65. The molecule has 0 saturated heterocycles. The summed E-state index contributed by atoms with van der Waals surface area (Å²) in [5.74, 6) is -3.12. The van der Waals surface area contributed by atoms with Gasteiger partial charge in [0.2, 0.25) is 0 Å². The van der Waals surface area contributed by atoms with Crippen molar-refractivity contribution in [2.45, 2.75) is 19.9 Å². The highest BCUT2D eigenvalue weighted by Gasteiger charge is 2.22. The van der Waals surface area contributed by atoms with Gasteiger partial charge in [-0.25, -0.2) is 4.39 Å². The number of rotatable bonds is 4. The van der Waals surface area contributed by atoms with Crippen molar-refractivity contribution in [2.24, 2.45) is 0 Å². The minimum Gasteiger partial charge on any atom is -0.506 e. The van der Waals surface area contributed by atoms with Gasteiger partial charge in [-0.2, -0.15) is 0 Å². The largest absolute Gasteiger partial charge is 0.506 e. The maximum Gasteiger partial charge on any atom is 0.279 e. The molecule has 1 aromatic heterocycles. The van der Waals surface area contributed by atoms with Gasteiger partial charge in [0.25, 0.3) is 17.4 Å². The van der Waals surface area contributed by atoms with Crippen LogP contribution in [0, 0.1) is 5.82 Å². The lowest BCUT2D eigenvalue weighted by molar-refractivity contribution is 0.0841. The van der Waals surface area contributed by atoms with Crippen molar-refractivity contribution in [3.63, 3.8) is 0 Å². The molecule has 2 aromatic carbocycles. The molecule has 3 aromatic rings. The summed E-state index contributed by atoms with van der Waals surface area (Å²) in [5.41, 5.74) is 3.16. The third-order valence-corrected chi connectivity index (χ3v) is 4.23. The van der Waals surface area contributed by atoms with Gasteiger partial charge in [-0.3, -0.25) is 25.2 Å². The van der Waals surface area contributed by atoms with E-state index in [1.165, 1.54) is 22.8 Å². The number of amides is 2. The van der Waals surface area contributed by atoms with E-state index in [1.807, 2.05) is 6.92 Å². The van der Waals surface area contributed by atoms with Crippen LogP contribution in [0.4, 0.5) is 4.39 Å². The molecule has 3 N–H and O–H groups in total. The third kappa shape index (κ3) is 3.44. The van der Waals surface area contributed by atoms with Crippen molar-refractivity contribution in [1.82, 2.24) is 15.4 Å². The summed E-state index contributed by atoms with van der Waals surface area (Å²) in [6.07, 6.45) is 0.639. The van der Waals surface area contributed by atoms with Gasteiger partial charge in [0, 0.05) is 11.9 Å². The zero-order valence-electron chi connectivity index (χ0n) is 15.0. The van der Waals surface area contributed by atoms with Crippen LogP contribution in [0.5, 0.6) is 5.75 Å². The summed E-state index contributed by atoms with van der Waals surface area (Å²) in [4.78, 5) is 37.3. The topological polar surface area (TPSA) is 100 Å². The SMILES string of the molecule is CCCn1c(=O)c(C(=O)NNC(=O)c2ccccc2F)c(O)c2ccccc21. The molecule has 0 aliphatic carbocycles. The van der Waals surface area contributed by atoms with Crippen LogP contribution in [0.15, 0.2) is 53.3 Å². The first-order valence-electron chi connectivity index (χ1n) is 8.65. The van der Waals surface area contributed by atoms with Gasteiger partial charge in [0.15, 0.2) is 0 Å². The van der Waals surface area contributed by atoms with E-state index < -0.39 is 34.5 Å². The predicted molar refractivity (Wildman–Crippen MR) is 101 cm³/mol. The van der Waals surface area contributed by atoms with E-state index in [1.54, 1.807) is 24.3 Å². The summed E-state index contributed by atoms with van der Waals surface area (Å²) in [6.45, 7) is 2.23. The number of aryl methyl sites for hydroxylation is 1. The molecule has 0 atom stereocenters. The number of pyridine rings is 1. The zero-order valence-corrected chi connectivity index (χ0v) is 15.0. The lowest BCUT2D eigenvalue weighted by Crippen LogP contribution is -2.44. The van der Waals surface area contributed by atoms with Crippen LogP contribution in [-0.4, -0.2) is 21.5 Å². The number of carbonyl (C=O) groups is 2. The molecule has 0 unspecified atom stereocenters. The van der Waals surface area contributed by atoms with Gasteiger partial charge < -0.3 is 9.67 Å². The quantitative estimate of drug-likeness (QED) is 0.602. The number of aromatic nitrogens is 1. The second-order valence-electron chi connectivity index (χ2n) is 6.09. The minimum atomic E-state index is -0.997. The smallest absolute Gasteiger partial charge is 0.279 e. The molecule has 28 heavy (non-hydrogen) atoms. The Hall–Kier alpha value is -3.68. The van der Waals surface area contributed by atoms with Crippen molar-refractivity contribution in [2.75, 3.05) is 0 Å². The average molecular weight is 383 g/mol. The van der Waals surface area contributed by atoms with Gasteiger partial charge in [-0.05, 0) is 30.7 Å². The van der Waals surface area contributed by atoms with Crippen LogP contribution in [0.1, 0.15) is 34.1 Å². The van der Waals surface area contributed by atoms with Crippen LogP contribution >= 0.6 is 0 Å². The maximum absolute atomic E-state index is 13.7. The minimum absolute atomic E-state index is 0.270. The standard InChI is InChI=1S/C20H18FN3O4/c1-2-11-24-15-10-6-4-8-13(15)17(25)16(20(24)28)19(27)23-22-18(26)12-7-3-5-9-14(12)21/h3-10,25H,2,11H2,1H3,(H,22,26)(H,23,27). The molecule has 0 fully saturated rings. The number of hydrazine groups is 1. The van der Waals surface area contributed by atoms with Crippen molar-refractivity contribution in [1.29, 1.82) is 0 Å². The highest BCUT2D eigenvalue weighted by Crippen LogP contribution is 2.26. The molecule has 8 heteroatoms. The van der Waals surface area contributed by atoms with Crippen LogP contribution in [0.25, 0.3) is 10.9 Å². The van der Waals surface area contributed by atoms with Crippen LogP contribution in [0.2, 0.25) is 0 Å². The van der Waals surface area contributed by atoms with Crippen molar-refractivity contribution in [3.8, 4) is 5.75 Å². The van der Waals surface area contributed by atoms with Crippen molar-refractivity contribution in [3.05, 3.63) is 75.8 Å². The molecule has 0 spiro atoms. The number of nitrogens with one attached hydrogen (secondary N) is 2. The summed E-state index contributed by atoms with van der Waals surface area (Å²) >= 11 is 0. The Morgan fingerprint density at radius 1 is 1.04 bits per heavy atom. The van der Waals surface area contributed by atoms with Gasteiger partial charge in [-0.1, -0.05) is 31.2 Å². The monoisotopic (exact) mass is 383 g/mol. The van der Waals surface area contributed by atoms with Crippen LogP contribution in [0.3, 0.4) is 0 Å². The number of hydrogen-bond donors (Lipinski definition) is 3. The van der Waals surface area contributed by atoms with Gasteiger partial charge >= 0.3 is 0 Å². The third-order valence-electron chi connectivity index (χ3n) is 4.23. The average Bonchev–Trinajstić information content (AvgIpc) is 2.70. The molecule has 0 radical (unpaired) electrons. The molecule has 0 saturated carbocycles. The normalized spacial score (nSPS) is 10.6. The van der Waals surface area contributed by atoms with Gasteiger partial charge in [0.1, 0.15) is 17.1 Å². The Morgan fingerprint density at radius 3 is 2.39 bits per heavy atom. The predicted octanol–water partition coefficient (Wildman–Crippen LogP) is 2.33. The number of fused-ring (bicyclic) bond motifs is 1. The number of aromatic hydroxyl groups is 1. The fourth-order valence-corrected chi connectivity index (χ4v) is 2.93. The van der Waals surface area contributed by atoms with Crippen LogP contribution < -0.4 is 16.4 Å². The molecule has 7 nitrogen and oxygen atoms in total. The van der Waals surface area contributed by atoms with E-state index in [0.717, 1.165) is 6.07 Å². The van der Waals surface area contributed by atoms with Crippen molar-refractivity contribution >= 4 is 22.7 Å². The highest BCUT2D eigenvalue weighted by atomic mass is 19.1. The fourth-order valence-electron chi connectivity index (χ4n) is 2.93. The van der Waals surface area contributed by atoms with E-state index in [2.05, 4.69) is 10.9 Å². The molecule has 2 amide bonds. The number of nitrogens with zero attached hydrogens (tertiary/aromatic N) is 1. The van der Waals surface area contributed by atoms with Crippen molar-refractivity contribution < 1.29 is 19.1 Å². The number of halogens is 1. The number of hydrogen-bond acceptors (Lipinski definition) is 4. The zero-order chi connectivity index (χ0) is 20.3. The molecule has 3 rings (SSSR count). The lowest BCUT2D eigenvalue weighted by atomic mass is 10.1. The Kier molecular flexibility index (Phi) is 5.39. The summed E-state index contributed by atoms with van der Waals surface area (Å²) in [5, 5.41) is 10.8. The second kappa shape index (κ2) is 7.91. The molecular formula is C20H18FN3O4. The molecule has 144 valence electrons. The Balaban J connectivity index is 1.95. The molecule has 0 aliphatic heterocycles. The lowest BCUT2D eigenvalue weighted by Gasteiger charge is -2.14. The first kappa shape index (κ1) is 19.1. The molecule has 0 bridgehead atoms. The first-order chi connectivity index (χ1) is 13.5. The van der Waals surface area contributed by atoms with Gasteiger partial charge in [0.05, 0.1) is 11.1 Å². The van der Waals surface area contributed by atoms with E-state index in [-0.39, 0.29) is 5.56 Å². The Bertz CT molecular complexity index is 1120. The fraction of sp³-hybridized carbons (Fsp3) is 0.150. The highest BCUT2D eigenvalue weighted by molar-refractivity contribution is 6.04. The molecular weight excluding hydrogens is 365 g/mol. The summed E-state index contributed by atoms with van der Waals surface area (Å²) in [6, 6.07) is 11.9. The van der Waals surface area contributed by atoms with Gasteiger partial charge in [-0.15, -0.1) is 0 Å². The summed E-state index contributed by atoms with van der Waals surface area (Å²) in [7, 11) is 0. The summed E-state index contributed by atoms with van der Waals surface area (Å²) < 4.78 is 15.1. The number of para-hydroxylation sites is 1. The number of carbonyl (C=O) groups excluding carboxylic acids is 2. The second-order valence-corrected chi connectivity index (χ2v) is 6.09. The van der Waals surface area contributed by atoms with E-state index in [0.29, 0.717) is 23.9 Å². The van der Waals surface area contributed by atoms with E-state index >= 15 is 0 Å². The van der Waals surface area contributed by atoms with E-state index in [9.17, 15) is 23.9 Å². The maximum atomic E-state index is 13.7. The number of benzene rings is 2. The molecule has 0 aliphatic rings. The molecule has 1 heterocycles.